The quantitative estimate of drug-likeness (QED) is 0.717. The molecule has 0 amide bonds. The molecule has 0 saturated carbocycles. The van der Waals surface area contributed by atoms with E-state index >= 15 is 0 Å². The molecule has 1 rings (SSSR count). The first-order valence-corrected chi connectivity index (χ1v) is 8.32. The Bertz CT molecular complexity index is 544. The summed E-state index contributed by atoms with van der Waals surface area (Å²) < 4.78 is 37.2. The second-order valence-corrected chi connectivity index (χ2v) is 6.44. The van der Waals surface area contributed by atoms with Gasteiger partial charge in [0.15, 0.2) is 0 Å². The van der Waals surface area contributed by atoms with E-state index in [4.69, 9.17) is 9.47 Å². The second-order valence-electron chi connectivity index (χ2n) is 4.67. The van der Waals surface area contributed by atoms with Gasteiger partial charge in [-0.05, 0) is 31.5 Å². The van der Waals surface area contributed by atoms with Gasteiger partial charge in [-0.25, -0.2) is 13.1 Å². The number of sulfonamides is 1. The summed E-state index contributed by atoms with van der Waals surface area (Å²) in [5.41, 5.74) is 0.450. The standard InChI is InChI=1S/C14H23NO5S/c1-4-7-20-14-6-5-13(8-12(14)10-16)21(17,18)15-9-11(2)19-3/h5-6,8,11,15-16H,4,7,9-10H2,1-3H3. The predicted molar refractivity (Wildman–Crippen MR) is 79.8 cm³/mol. The fraction of sp³-hybridized carbons (Fsp3) is 0.571. The molecule has 0 aliphatic carbocycles. The lowest BCUT2D eigenvalue weighted by Crippen LogP contribution is -2.31. The van der Waals surface area contributed by atoms with E-state index in [9.17, 15) is 13.5 Å². The number of rotatable bonds is 9. The maximum absolute atomic E-state index is 12.2. The minimum absolute atomic E-state index is 0.0960. The van der Waals surface area contributed by atoms with Crippen molar-refractivity contribution in [3.05, 3.63) is 23.8 Å². The van der Waals surface area contributed by atoms with Crippen molar-refractivity contribution in [1.29, 1.82) is 0 Å². The van der Waals surface area contributed by atoms with Crippen LogP contribution in [0, 0.1) is 0 Å². The summed E-state index contributed by atoms with van der Waals surface area (Å²) in [6.07, 6.45) is 0.616. The van der Waals surface area contributed by atoms with Crippen LogP contribution < -0.4 is 9.46 Å². The summed E-state index contributed by atoms with van der Waals surface area (Å²) in [6, 6.07) is 4.45. The van der Waals surface area contributed by atoms with E-state index < -0.39 is 10.0 Å². The largest absolute Gasteiger partial charge is 0.493 e. The molecule has 0 spiro atoms. The number of hydrogen-bond donors (Lipinski definition) is 2. The van der Waals surface area contributed by atoms with Crippen LogP contribution >= 0.6 is 0 Å². The first-order valence-electron chi connectivity index (χ1n) is 6.83. The molecule has 21 heavy (non-hydrogen) atoms. The Morgan fingerprint density at radius 3 is 2.67 bits per heavy atom. The molecule has 0 radical (unpaired) electrons. The Hall–Kier alpha value is -1.15. The summed E-state index contributed by atoms with van der Waals surface area (Å²) in [6.45, 7) is 4.16. The second kappa shape index (κ2) is 8.33. The topological polar surface area (TPSA) is 84.9 Å². The van der Waals surface area contributed by atoms with Crippen LogP contribution in [-0.4, -0.2) is 39.9 Å². The van der Waals surface area contributed by atoms with Crippen LogP contribution in [0.1, 0.15) is 25.8 Å². The van der Waals surface area contributed by atoms with Gasteiger partial charge in [0.25, 0.3) is 0 Å². The zero-order chi connectivity index (χ0) is 15.9. The molecule has 0 aromatic heterocycles. The number of aliphatic hydroxyl groups is 1. The number of methoxy groups -OCH3 is 1. The third kappa shape index (κ3) is 5.28. The molecule has 0 bridgehead atoms. The number of aliphatic hydroxyl groups excluding tert-OH is 1. The van der Waals surface area contributed by atoms with Crippen molar-refractivity contribution in [2.24, 2.45) is 0 Å². The maximum atomic E-state index is 12.2. The SMILES string of the molecule is CCCOc1ccc(S(=O)(=O)NCC(C)OC)cc1CO. The molecular formula is C14H23NO5S. The van der Waals surface area contributed by atoms with Gasteiger partial charge in [0.05, 0.1) is 24.2 Å². The average molecular weight is 317 g/mol. The lowest BCUT2D eigenvalue weighted by molar-refractivity contribution is 0.122. The summed E-state index contributed by atoms with van der Waals surface area (Å²) >= 11 is 0. The summed E-state index contributed by atoms with van der Waals surface area (Å²) in [4.78, 5) is 0.0960. The summed E-state index contributed by atoms with van der Waals surface area (Å²) in [5.74, 6) is 0.503. The van der Waals surface area contributed by atoms with Crippen LogP contribution in [0.25, 0.3) is 0 Å². The average Bonchev–Trinajstić information content (AvgIpc) is 2.50. The zero-order valence-corrected chi connectivity index (χ0v) is 13.4. The highest BCUT2D eigenvalue weighted by molar-refractivity contribution is 7.89. The molecule has 1 aromatic carbocycles. The lowest BCUT2D eigenvalue weighted by Gasteiger charge is -2.14. The Morgan fingerprint density at radius 2 is 2.10 bits per heavy atom. The van der Waals surface area contributed by atoms with E-state index in [1.807, 2.05) is 6.92 Å². The fourth-order valence-electron chi connectivity index (χ4n) is 1.59. The van der Waals surface area contributed by atoms with Gasteiger partial charge in [0.1, 0.15) is 5.75 Å². The van der Waals surface area contributed by atoms with Crippen LogP contribution in [0.15, 0.2) is 23.1 Å². The van der Waals surface area contributed by atoms with Gasteiger partial charge in [0.2, 0.25) is 10.0 Å². The molecular weight excluding hydrogens is 294 g/mol. The van der Waals surface area contributed by atoms with Crippen molar-refractivity contribution >= 4 is 10.0 Å². The summed E-state index contributed by atoms with van der Waals surface area (Å²) in [5, 5.41) is 9.35. The zero-order valence-electron chi connectivity index (χ0n) is 12.6. The fourth-order valence-corrected chi connectivity index (χ4v) is 2.76. The normalized spacial score (nSPS) is 13.1. The molecule has 0 fully saturated rings. The third-order valence-electron chi connectivity index (χ3n) is 2.94. The van der Waals surface area contributed by atoms with Crippen molar-refractivity contribution in [1.82, 2.24) is 4.72 Å². The third-order valence-corrected chi connectivity index (χ3v) is 4.36. The maximum Gasteiger partial charge on any atom is 0.240 e. The van der Waals surface area contributed by atoms with Gasteiger partial charge in [-0.15, -0.1) is 0 Å². The lowest BCUT2D eigenvalue weighted by atomic mass is 10.2. The van der Waals surface area contributed by atoms with Crippen molar-refractivity contribution in [3.8, 4) is 5.75 Å². The van der Waals surface area contributed by atoms with Gasteiger partial charge in [0, 0.05) is 19.2 Å². The Morgan fingerprint density at radius 1 is 1.38 bits per heavy atom. The van der Waals surface area contributed by atoms with Gasteiger partial charge in [-0.3, -0.25) is 0 Å². The Kier molecular flexibility index (Phi) is 7.10. The summed E-state index contributed by atoms with van der Waals surface area (Å²) in [7, 11) is -2.12. The molecule has 1 aromatic rings. The van der Waals surface area contributed by atoms with Crippen molar-refractivity contribution in [3.63, 3.8) is 0 Å². The van der Waals surface area contributed by atoms with Crippen LogP contribution in [0.3, 0.4) is 0 Å². The van der Waals surface area contributed by atoms with E-state index in [1.54, 1.807) is 13.0 Å². The van der Waals surface area contributed by atoms with Crippen LogP contribution in [-0.2, 0) is 21.4 Å². The minimum Gasteiger partial charge on any atom is -0.493 e. The van der Waals surface area contributed by atoms with Crippen molar-refractivity contribution in [2.75, 3.05) is 20.3 Å². The van der Waals surface area contributed by atoms with Crippen LogP contribution in [0.5, 0.6) is 5.75 Å². The first-order chi connectivity index (χ1) is 9.94. The van der Waals surface area contributed by atoms with Crippen molar-refractivity contribution in [2.45, 2.75) is 37.9 Å². The molecule has 1 unspecified atom stereocenters. The molecule has 0 aliphatic rings. The Labute approximate surface area is 126 Å². The number of nitrogens with one attached hydrogen (secondary N) is 1. The van der Waals surface area contributed by atoms with Crippen LogP contribution in [0.4, 0.5) is 0 Å². The van der Waals surface area contributed by atoms with E-state index in [2.05, 4.69) is 4.72 Å². The monoisotopic (exact) mass is 317 g/mol. The molecule has 0 heterocycles. The Balaban J connectivity index is 2.92. The molecule has 0 saturated heterocycles. The molecule has 6 nitrogen and oxygen atoms in total. The van der Waals surface area contributed by atoms with Gasteiger partial charge in [-0.1, -0.05) is 6.92 Å². The number of benzene rings is 1. The van der Waals surface area contributed by atoms with Gasteiger partial charge >= 0.3 is 0 Å². The van der Waals surface area contributed by atoms with E-state index in [1.165, 1.54) is 19.2 Å². The van der Waals surface area contributed by atoms with Crippen molar-refractivity contribution < 1.29 is 23.0 Å². The highest BCUT2D eigenvalue weighted by Gasteiger charge is 2.17. The molecule has 120 valence electrons. The van der Waals surface area contributed by atoms with E-state index in [0.29, 0.717) is 17.9 Å². The van der Waals surface area contributed by atoms with Gasteiger partial charge in [-0.2, -0.15) is 0 Å². The minimum atomic E-state index is -3.63. The van der Waals surface area contributed by atoms with Gasteiger partial charge < -0.3 is 14.6 Å². The van der Waals surface area contributed by atoms with Crippen LogP contribution in [0.2, 0.25) is 0 Å². The van der Waals surface area contributed by atoms with E-state index in [-0.39, 0.29) is 24.2 Å². The highest BCUT2D eigenvalue weighted by Crippen LogP contribution is 2.23. The first kappa shape index (κ1) is 17.9. The smallest absolute Gasteiger partial charge is 0.240 e. The molecule has 7 heteroatoms. The predicted octanol–water partition coefficient (Wildman–Crippen LogP) is 1.28. The number of ether oxygens (including phenoxy) is 2. The van der Waals surface area contributed by atoms with E-state index in [0.717, 1.165) is 6.42 Å². The highest BCUT2D eigenvalue weighted by atomic mass is 32.2. The molecule has 1 atom stereocenters. The molecule has 2 N–H and O–H groups in total. The molecule has 0 aliphatic heterocycles. The number of hydrogen-bond acceptors (Lipinski definition) is 5.